The molecular formula is C17H24O4S. The van der Waals surface area contributed by atoms with Crippen LogP contribution in [0.1, 0.15) is 26.3 Å². The van der Waals surface area contributed by atoms with Crippen molar-refractivity contribution in [3.8, 4) is 5.75 Å². The fourth-order valence-corrected chi connectivity index (χ4v) is 3.03. The first-order valence-electron chi connectivity index (χ1n) is 7.18. The number of esters is 1. The molecular weight excluding hydrogens is 300 g/mol. The van der Waals surface area contributed by atoms with Crippen LogP contribution in [0.25, 0.3) is 0 Å². The molecule has 0 unspecified atom stereocenters. The minimum atomic E-state index is -0.817. The lowest BCUT2D eigenvalue weighted by atomic mass is 10.1. The Hall–Kier alpha value is -1.46. The van der Waals surface area contributed by atoms with E-state index >= 15 is 0 Å². The van der Waals surface area contributed by atoms with E-state index < -0.39 is 4.75 Å². The first-order valence-corrected chi connectivity index (χ1v) is 8.17. The van der Waals surface area contributed by atoms with Gasteiger partial charge >= 0.3 is 5.97 Å². The monoisotopic (exact) mass is 324 g/mol. The molecule has 0 spiro atoms. The molecule has 1 aromatic carbocycles. The third kappa shape index (κ3) is 5.39. The number of benzene rings is 1. The largest absolute Gasteiger partial charge is 0.497 e. The second-order valence-electron chi connectivity index (χ2n) is 5.11. The number of methoxy groups -OCH3 is 1. The van der Waals surface area contributed by atoms with Crippen LogP contribution in [-0.2, 0) is 15.3 Å². The fraction of sp³-hybridized carbons (Fsp3) is 0.471. The smallest absolute Gasteiger partial charge is 0.325 e. The van der Waals surface area contributed by atoms with Crippen molar-refractivity contribution in [2.45, 2.75) is 31.3 Å². The number of carbonyl (C=O) groups is 1. The Bertz CT molecular complexity index is 510. The third-order valence-corrected chi connectivity index (χ3v) is 4.51. The van der Waals surface area contributed by atoms with E-state index in [2.05, 4.69) is 0 Å². The van der Waals surface area contributed by atoms with Gasteiger partial charge in [0.15, 0.2) is 0 Å². The molecule has 0 saturated carbocycles. The molecule has 0 radical (unpaired) electrons. The molecule has 1 atom stereocenters. The molecule has 0 bridgehead atoms. The summed E-state index contributed by atoms with van der Waals surface area (Å²) in [4.78, 5) is 12.2. The first-order chi connectivity index (χ1) is 10.4. The molecule has 0 aliphatic rings. The molecule has 122 valence electrons. The van der Waals surface area contributed by atoms with E-state index in [-0.39, 0.29) is 12.6 Å². The lowest BCUT2D eigenvalue weighted by Gasteiger charge is -2.24. The van der Waals surface area contributed by atoms with E-state index in [9.17, 15) is 9.90 Å². The zero-order valence-corrected chi connectivity index (χ0v) is 14.4. The van der Waals surface area contributed by atoms with Gasteiger partial charge < -0.3 is 14.6 Å². The number of aliphatic hydroxyl groups is 1. The maximum atomic E-state index is 12.2. The number of thioether (sulfide) groups is 1. The summed E-state index contributed by atoms with van der Waals surface area (Å²) < 4.78 is 9.49. The van der Waals surface area contributed by atoms with E-state index in [4.69, 9.17) is 9.47 Å². The molecule has 22 heavy (non-hydrogen) atoms. The molecule has 0 aliphatic carbocycles. The Morgan fingerprint density at radius 1 is 1.36 bits per heavy atom. The van der Waals surface area contributed by atoms with Crippen LogP contribution in [0.2, 0.25) is 0 Å². The van der Waals surface area contributed by atoms with Crippen LogP contribution in [-0.4, -0.2) is 36.1 Å². The minimum absolute atomic E-state index is 0.0713. The Balaban J connectivity index is 2.85. The number of hydrogen-bond acceptors (Lipinski definition) is 5. The highest BCUT2D eigenvalue weighted by Gasteiger charge is 2.33. The minimum Gasteiger partial charge on any atom is -0.497 e. The lowest BCUT2D eigenvalue weighted by molar-refractivity contribution is -0.144. The van der Waals surface area contributed by atoms with Gasteiger partial charge in [-0.3, -0.25) is 4.79 Å². The molecule has 0 aromatic heterocycles. The van der Waals surface area contributed by atoms with Gasteiger partial charge in [0.1, 0.15) is 10.5 Å². The van der Waals surface area contributed by atoms with Gasteiger partial charge in [0, 0.05) is 5.75 Å². The average Bonchev–Trinajstić information content (AvgIpc) is 2.53. The van der Waals surface area contributed by atoms with Gasteiger partial charge in [0.25, 0.3) is 0 Å². The van der Waals surface area contributed by atoms with Crippen molar-refractivity contribution in [2.75, 3.05) is 20.3 Å². The molecule has 0 aliphatic heterocycles. The Labute approximate surface area is 136 Å². The third-order valence-electron chi connectivity index (χ3n) is 3.15. The summed E-state index contributed by atoms with van der Waals surface area (Å²) >= 11 is 1.48. The Kier molecular flexibility index (Phi) is 7.48. The molecule has 4 nitrogen and oxygen atoms in total. The molecule has 0 amide bonds. The van der Waals surface area contributed by atoms with Crippen molar-refractivity contribution in [3.05, 3.63) is 41.5 Å². The zero-order chi connectivity index (χ0) is 16.6. The highest BCUT2D eigenvalue weighted by atomic mass is 32.2. The maximum absolute atomic E-state index is 12.2. The van der Waals surface area contributed by atoms with Crippen LogP contribution < -0.4 is 4.74 Å². The van der Waals surface area contributed by atoms with E-state index in [0.717, 1.165) is 16.9 Å². The Morgan fingerprint density at radius 3 is 2.50 bits per heavy atom. The molecule has 0 fully saturated rings. The number of hydrogen-bond donors (Lipinski definition) is 1. The normalized spacial score (nSPS) is 14.3. The first kappa shape index (κ1) is 18.6. The summed E-state index contributed by atoms with van der Waals surface area (Å²) in [6.45, 7) is 5.67. The van der Waals surface area contributed by atoms with Crippen molar-refractivity contribution in [1.82, 2.24) is 0 Å². The zero-order valence-electron chi connectivity index (χ0n) is 13.6. The SMILES string of the molecule is CCOC(=O)[C@](C)(/C=C(\C)CO)SCc1ccc(OC)cc1. The summed E-state index contributed by atoms with van der Waals surface area (Å²) in [6, 6.07) is 7.73. The number of rotatable bonds is 8. The maximum Gasteiger partial charge on any atom is 0.325 e. The van der Waals surface area contributed by atoms with E-state index in [1.165, 1.54) is 11.8 Å². The van der Waals surface area contributed by atoms with Crippen LogP contribution >= 0.6 is 11.8 Å². The van der Waals surface area contributed by atoms with Gasteiger partial charge in [-0.2, -0.15) is 0 Å². The summed E-state index contributed by atoms with van der Waals surface area (Å²) in [6.07, 6.45) is 1.78. The van der Waals surface area contributed by atoms with Crippen LogP contribution in [0.3, 0.4) is 0 Å². The second-order valence-corrected chi connectivity index (χ2v) is 6.54. The highest BCUT2D eigenvalue weighted by molar-refractivity contribution is 8.00. The molecule has 1 N–H and O–H groups in total. The number of carbonyl (C=O) groups excluding carboxylic acids is 1. The average molecular weight is 324 g/mol. The molecule has 1 aromatic rings. The second kappa shape index (κ2) is 8.86. The summed E-state index contributed by atoms with van der Waals surface area (Å²) in [5, 5.41) is 9.21. The number of aliphatic hydroxyl groups excluding tert-OH is 1. The van der Waals surface area contributed by atoms with Gasteiger partial charge in [-0.25, -0.2) is 0 Å². The van der Waals surface area contributed by atoms with Crippen molar-refractivity contribution in [1.29, 1.82) is 0 Å². The van der Waals surface area contributed by atoms with E-state index in [1.807, 2.05) is 31.2 Å². The highest BCUT2D eigenvalue weighted by Crippen LogP contribution is 2.32. The van der Waals surface area contributed by atoms with Crippen molar-refractivity contribution >= 4 is 17.7 Å². The van der Waals surface area contributed by atoms with Crippen molar-refractivity contribution < 1.29 is 19.4 Å². The van der Waals surface area contributed by atoms with E-state index in [0.29, 0.717) is 12.4 Å². The molecule has 5 heteroatoms. The van der Waals surface area contributed by atoms with Crippen LogP contribution in [0.4, 0.5) is 0 Å². The van der Waals surface area contributed by atoms with Gasteiger partial charge in [-0.1, -0.05) is 23.8 Å². The summed E-state index contributed by atoms with van der Waals surface area (Å²) in [5.41, 5.74) is 1.84. The van der Waals surface area contributed by atoms with Crippen molar-refractivity contribution in [2.24, 2.45) is 0 Å². The van der Waals surface area contributed by atoms with Crippen LogP contribution in [0.15, 0.2) is 35.9 Å². The van der Waals surface area contributed by atoms with Crippen LogP contribution in [0, 0.1) is 0 Å². The van der Waals surface area contributed by atoms with E-state index in [1.54, 1.807) is 27.0 Å². The topological polar surface area (TPSA) is 55.8 Å². The molecule has 1 rings (SSSR count). The van der Waals surface area contributed by atoms with Gasteiger partial charge in [-0.15, -0.1) is 11.8 Å². The lowest BCUT2D eigenvalue weighted by Crippen LogP contribution is -2.32. The summed E-state index contributed by atoms with van der Waals surface area (Å²) in [7, 11) is 1.63. The fourth-order valence-electron chi connectivity index (χ4n) is 1.90. The molecule has 0 heterocycles. The standard InChI is InChI=1S/C17H24O4S/c1-5-21-16(19)17(3,10-13(2)11-18)22-12-14-6-8-15(20-4)9-7-14/h6-10,18H,5,11-12H2,1-4H3/b13-10+/t17-/m0/s1. The van der Waals surface area contributed by atoms with Gasteiger partial charge in [0.2, 0.25) is 0 Å². The predicted octanol–water partition coefficient (Wildman–Crippen LogP) is 3.19. The predicted molar refractivity (Wildman–Crippen MR) is 90.2 cm³/mol. The quantitative estimate of drug-likeness (QED) is 0.588. The van der Waals surface area contributed by atoms with Gasteiger partial charge in [-0.05, 0) is 38.5 Å². The number of ether oxygens (including phenoxy) is 2. The Morgan fingerprint density at radius 2 is 2.00 bits per heavy atom. The van der Waals surface area contributed by atoms with Crippen LogP contribution in [0.5, 0.6) is 5.75 Å². The molecule has 0 saturated heterocycles. The summed E-state index contributed by atoms with van der Waals surface area (Å²) in [5.74, 6) is 1.17. The van der Waals surface area contributed by atoms with Gasteiger partial charge in [0.05, 0.1) is 20.3 Å². The van der Waals surface area contributed by atoms with Crippen molar-refractivity contribution in [3.63, 3.8) is 0 Å².